The SMILES string of the molecule is COc1ccc(OC)c(Nc2cnnc(Nc3ccc(C(F)(F)F)cc3)n2)c1. The van der Waals surface area contributed by atoms with E-state index >= 15 is 0 Å². The van der Waals surface area contributed by atoms with Gasteiger partial charge in [0.2, 0.25) is 5.95 Å². The molecule has 0 saturated heterocycles. The number of nitrogens with zero attached hydrogens (tertiary/aromatic N) is 3. The van der Waals surface area contributed by atoms with Gasteiger partial charge >= 0.3 is 6.18 Å². The summed E-state index contributed by atoms with van der Waals surface area (Å²) in [6, 6.07) is 9.73. The van der Waals surface area contributed by atoms with Crippen molar-refractivity contribution in [1.29, 1.82) is 0 Å². The van der Waals surface area contributed by atoms with Crippen molar-refractivity contribution < 1.29 is 22.6 Å². The van der Waals surface area contributed by atoms with E-state index in [1.807, 2.05) is 0 Å². The van der Waals surface area contributed by atoms with Crippen molar-refractivity contribution in [3.8, 4) is 11.5 Å². The maximum Gasteiger partial charge on any atom is 0.416 e. The molecule has 0 aliphatic heterocycles. The molecule has 1 heterocycles. The molecule has 2 aromatic carbocycles. The van der Waals surface area contributed by atoms with Crippen LogP contribution in [0.15, 0.2) is 48.7 Å². The zero-order chi connectivity index (χ0) is 20.1. The van der Waals surface area contributed by atoms with Crippen molar-refractivity contribution in [1.82, 2.24) is 15.2 Å². The average Bonchev–Trinajstić information content (AvgIpc) is 2.68. The lowest BCUT2D eigenvalue weighted by atomic mass is 10.2. The van der Waals surface area contributed by atoms with E-state index in [4.69, 9.17) is 9.47 Å². The third-order valence-corrected chi connectivity index (χ3v) is 3.70. The number of aromatic nitrogens is 3. The molecule has 0 unspecified atom stereocenters. The highest BCUT2D eigenvalue weighted by Gasteiger charge is 2.29. The zero-order valence-electron chi connectivity index (χ0n) is 14.9. The van der Waals surface area contributed by atoms with Crippen LogP contribution in [0.25, 0.3) is 0 Å². The number of nitrogens with one attached hydrogen (secondary N) is 2. The minimum atomic E-state index is -4.39. The highest BCUT2D eigenvalue weighted by Crippen LogP contribution is 2.32. The molecule has 28 heavy (non-hydrogen) atoms. The summed E-state index contributed by atoms with van der Waals surface area (Å²) in [6.45, 7) is 0. The molecule has 0 aliphatic rings. The van der Waals surface area contributed by atoms with Crippen molar-refractivity contribution in [2.24, 2.45) is 0 Å². The monoisotopic (exact) mass is 391 g/mol. The second-order valence-corrected chi connectivity index (χ2v) is 5.56. The Morgan fingerprint density at radius 3 is 2.32 bits per heavy atom. The zero-order valence-corrected chi connectivity index (χ0v) is 14.9. The van der Waals surface area contributed by atoms with Crippen LogP contribution < -0.4 is 20.1 Å². The maximum absolute atomic E-state index is 12.6. The fourth-order valence-electron chi connectivity index (χ4n) is 2.34. The van der Waals surface area contributed by atoms with Gasteiger partial charge in [0.15, 0.2) is 5.82 Å². The molecule has 3 rings (SSSR count). The van der Waals surface area contributed by atoms with Crippen LogP contribution in [0.1, 0.15) is 5.56 Å². The van der Waals surface area contributed by atoms with Crippen molar-refractivity contribution >= 4 is 23.1 Å². The van der Waals surface area contributed by atoms with Crippen LogP contribution in [0.4, 0.5) is 36.3 Å². The third kappa shape index (κ3) is 4.58. The van der Waals surface area contributed by atoms with Gasteiger partial charge in [-0.1, -0.05) is 0 Å². The summed E-state index contributed by atoms with van der Waals surface area (Å²) in [5.41, 5.74) is 0.256. The van der Waals surface area contributed by atoms with E-state index < -0.39 is 11.7 Å². The summed E-state index contributed by atoms with van der Waals surface area (Å²) in [7, 11) is 3.08. The summed E-state index contributed by atoms with van der Waals surface area (Å²) in [6.07, 6.45) is -2.99. The predicted molar refractivity (Wildman–Crippen MR) is 97.4 cm³/mol. The Labute approximate surface area is 158 Å². The molecule has 7 nitrogen and oxygen atoms in total. The second kappa shape index (κ2) is 7.99. The van der Waals surface area contributed by atoms with Gasteiger partial charge in [-0.05, 0) is 36.4 Å². The van der Waals surface area contributed by atoms with Crippen LogP contribution in [0.2, 0.25) is 0 Å². The molecule has 3 aromatic rings. The first-order chi connectivity index (χ1) is 13.4. The summed E-state index contributed by atoms with van der Waals surface area (Å²) >= 11 is 0. The van der Waals surface area contributed by atoms with Crippen molar-refractivity contribution in [2.45, 2.75) is 6.18 Å². The fraction of sp³-hybridized carbons (Fsp3) is 0.167. The molecule has 0 fully saturated rings. The van der Waals surface area contributed by atoms with E-state index in [1.54, 1.807) is 25.3 Å². The third-order valence-electron chi connectivity index (χ3n) is 3.70. The molecule has 0 spiro atoms. The summed E-state index contributed by atoms with van der Waals surface area (Å²) in [5.74, 6) is 1.66. The summed E-state index contributed by atoms with van der Waals surface area (Å²) < 4.78 is 48.4. The van der Waals surface area contributed by atoms with Gasteiger partial charge in [0.1, 0.15) is 11.5 Å². The maximum atomic E-state index is 12.6. The summed E-state index contributed by atoms with van der Waals surface area (Å²) in [4.78, 5) is 4.25. The van der Waals surface area contributed by atoms with Gasteiger partial charge in [0, 0.05) is 11.8 Å². The topological polar surface area (TPSA) is 81.2 Å². The highest BCUT2D eigenvalue weighted by molar-refractivity contribution is 5.66. The van der Waals surface area contributed by atoms with E-state index in [1.165, 1.54) is 25.4 Å². The van der Waals surface area contributed by atoms with Gasteiger partial charge in [-0.3, -0.25) is 0 Å². The lowest BCUT2D eigenvalue weighted by Crippen LogP contribution is -2.05. The predicted octanol–water partition coefficient (Wildman–Crippen LogP) is 4.39. The molecule has 0 atom stereocenters. The minimum absolute atomic E-state index is 0.117. The van der Waals surface area contributed by atoms with Crippen LogP contribution in [0.3, 0.4) is 0 Å². The Kier molecular flexibility index (Phi) is 5.48. The Balaban J connectivity index is 1.78. The quantitative estimate of drug-likeness (QED) is 0.645. The number of anilines is 4. The smallest absolute Gasteiger partial charge is 0.416 e. The first-order valence-electron chi connectivity index (χ1n) is 8.02. The largest absolute Gasteiger partial charge is 0.497 e. The lowest BCUT2D eigenvalue weighted by molar-refractivity contribution is -0.137. The van der Waals surface area contributed by atoms with Crippen LogP contribution in [-0.2, 0) is 6.18 Å². The summed E-state index contributed by atoms with van der Waals surface area (Å²) in [5, 5.41) is 13.5. The van der Waals surface area contributed by atoms with Crippen LogP contribution in [0.5, 0.6) is 11.5 Å². The van der Waals surface area contributed by atoms with Gasteiger partial charge < -0.3 is 20.1 Å². The Morgan fingerprint density at radius 2 is 1.68 bits per heavy atom. The molecule has 0 saturated carbocycles. The standard InChI is InChI=1S/C18H16F3N5O2/c1-27-13-7-8-15(28-2)14(9-13)24-16-10-22-26-17(25-16)23-12-5-3-11(4-6-12)18(19,20)21/h3-10H,1-2H3,(H2,23,24,25,26). The number of methoxy groups -OCH3 is 2. The molecule has 0 radical (unpaired) electrons. The van der Waals surface area contributed by atoms with Crippen LogP contribution >= 0.6 is 0 Å². The molecular weight excluding hydrogens is 375 g/mol. The second-order valence-electron chi connectivity index (χ2n) is 5.56. The van der Waals surface area contributed by atoms with Gasteiger partial charge in [0.25, 0.3) is 0 Å². The van der Waals surface area contributed by atoms with E-state index in [0.29, 0.717) is 28.7 Å². The Bertz CT molecular complexity index is 949. The fourth-order valence-corrected chi connectivity index (χ4v) is 2.34. The van der Waals surface area contributed by atoms with Gasteiger partial charge in [-0.2, -0.15) is 23.3 Å². The Morgan fingerprint density at radius 1 is 0.929 bits per heavy atom. The normalized spacial score (nSPS) is 11.0. The van der Waals surface area contributed by atoms with Crippen molar-refractivity contribution in [3.63, 3.8) is 0 Å². The number of hydrogen-bond acceptors (Lipinski definition) is 7. The molecule has 0 aliphatic carbocycles. The average molecular weight is 391 g/mol. The molecule has 0 bridgehead atoms. The molecule has 1 aromatic heterocycles. The van der Waals surface area contributed by atoms with E-state index in [2.05, 4.69) is 25.8 Å². The number of benzene rings is 2. The number of halogens is 3. The number of hydrogen-bond donors (Lipinski definition) is 2. The number of alkyl halides is 3. The first kappa shape index (κ1) is 19.2. The lowest BCUT2D eigenvalue weighted by Gasteiger charge is -2.12. The van der Waals surface area contributed by atoms with Crippen LogP contribution in [0, 0.1) is 0 Å². The van der Waals surface area contributed by atoms with E-state index in [9.17, 15) is 13.2 Å². The highest BCUT2D eigenvalue weighted by atomic mass is 19.4. The molecule has 10 heteroatoms. The van der Waals surface area contributed by atoms with Crippen molar-refractivity contribution in [3.05, 3.63) is 54.2 Å². The van der Waals surface area contributed by atoms with E-state index in [-0.39, 0.29) is 5.95 Å². The van der Waals surface area contributed by atoms with Gasteiger partial charge in [-0.15, -0.1) is 5.10 Å². The number of rotatable bonds is 6. The minimum Gasteiger partial charge on any atom is -0.497 e. The first-order valence-corrected chi connectivity index (χ1v) is 8.02. The molecule has 0 amide bonds. The Hall–Kier alpha value is -3.56. The van der Waals surface area contributed by atoms with E-state index in [0.717, 1.165) is 12.1 Å². The number of ether oxygens (including phenoxy) is 2. The van der Waals surface area contributed by atoms with Crippen LogP contribution in [-0.4, -0.2) is 29.4 Å². The molecule has 146 valence electrons. The molecule has 2 N–H and O–H groups in total. The van der Waals surface area contributed by atoms with Crippen molar-refractivity contribution in [2.75, 3.05) is 24.9 Å². The van der Waals surface area contributed by atoms with Gasteiger partial charge in [-0.25, -0.2) is 0 Å². The van der Waals surface area contributed by atoms with Gasteiger partial charge in [0.05, 0.1) is 31.7 Å². The molecular formula is C18H16F3N5O2.